The third kappa shape index (κ3) is 4.81. The minimum Gasteiger partial charge on any atom is -0.495 e. The van der Waals surface area contributed by atoms with Crippen LogP contribution in [0.4, 0.5) is 11.4 Å². The number of benzene rings is 2. The van der Waals surface area contributed by atoms with Crippen molar-refractivity contribution in [2.24, 2.45) is 0 Å². The first-order chi connectivity index (χ1) is 12.1. The second-order valence-corrected chi connectivity index (χ2v) is 8.28. The number of carbonyl (C=O) groups is 1. The minimum atomic E-state index is -3.80. The molecule has 2 aromatic carbocycles. The van der Waals surface area contributed by atoms with Crippen molar-refractivity contribution in [3.05, 3.63) is 52.5 Å². The van der Waals surface area contributed by atoms with Crippen LogP contribution >= 0.6 is 23.2 Å². The summed E-state index contributed by atoms with van der Waals surface area (Å²) >= 11 is 11.8. The molecule has 1 N–H and O–H groups in total. The molecule has 0 bridgehead atoms. The maximum atomic E-state index is 12.6. The molecule has 0 radical (unpaired) electrons. The fraction of sp³-hybridized carbons (Fsp3) is 0.235. The van der Waals surface area contributed by atoms with Crippen molar-refractivity contribution in [3.63, 3.8) is 0 Å². The lowest BCUT2D eigenvalue weighted by atomic mass is 10.2. The molecule has 2 rings (SSSR count). The Kier molecular flexibility index (Phi) is 6.39. The normalized spacial score (nSPS) is 12.3. The molecule has 1 amide bonds. The van der Waals surface area contributed by atoms with Gasteiger partial charge in [-0.2, -0.15) is 0 Å². The Morgan fingerprint density at radius 3 is 2.23 bits per heavy atom. The standard InChI is InChI=1S/C17H18Cl2N2O4S/c1-11(17(22)20-14-7-4-12(18)5-8-14)21(26(3,23)24)15-10-13(19)6-9-16(15)25-2/h4-11H,1-3H3,(H,20,22)/t11-/m0/s1. The van der Waals surface area contributed by atoms with Gasteiger partial charge in [0.1, 0.15) is 11.8 Å². The third-order valence-corrected chi connectivity index (χ3v) is 5.29. The minimum absolute atomic E-state index is 0.182. The van der Waals surface area contributed by atoms with Crippen molar-refractivity contribution in [1.29, 1.82) is 0 Å². The zero-order valence-electron chi connectivity index (χ0n) is 14.4. The molecular formula is C17H18Cl2N2O4S. The van der Waals surface area contributed by atoms with Crippen molar-refractivity contribution in [2.45, 2.75) is 13.0 Å². The first-order valence-electron chi connectivity index (χ1n) is 7.53. The van der Waals surface area contributed by atoms with E-state index in [1.165, 1.54) is 20.1 Å². The van der Waals surface area contributed by atoms with Gasteiger partial charge in [0.25, 0.3) is 0 Å². The number of nitrogens with one attached hydrogen (secondary N) is 1. The van der Waals surface area contributed by atoms with Gasteiger partial charge in [-0.25, -0.2) is 8.42 Å². The monoisotopic (exact) mass is 416 g/mol. The van der Waals surface area contributed by atoms with Crippen molar-refractivity contribution >= 4 is 50.5 Å². The predicted octanol–water partition coefficient (Wildman–Crippen LogP) is 3.80. The predicted molar refractivity (Wildman–Crippen MR) is 105 cm³/mol. The first kappa shape index (κ1) is 20.4. The summed E-state index contributed by atoms with van der Waals surface area (Å²) in [5.41, 5.74) is 0.680. The molecule has 0 fully saturated rings. The number of ether oxygens (including phenoxy) is 1. The SMILES string of the molecule is COc1ccc(Cl)cc1N([C@@H](C)C(=O)Nc1ccc(Cl)cc1)S(C)(=O)=O. The molecular weight excluding hydrogens is 399 g/mol. The fourth-order valence-electron chi connectivity index (χ4n) is 2.40. The van der Waals surface area contributed by atoms with Gasteiger partial charge >= 0.3 is 0 Å². The highest BCUT2D eigenvalue weighted by molar-refractivity contribution is 7.92. The Bertz CT molecular complexity index is 901. The number of hydrogen-bond acceptors (Lipinski definition) is 4. The van der Waals surface area contributed by atoms with Crippen LogP contribution in [0.15, 0.2) is 42.5 Å². The van der Waals surface area contributed by atoms with Crippen molar-refractivity contribution in [3.8, 4) is 5.75 Å². The second-order valence-electron chi connectivity index (χ2n) is 5.55. The number of amides is 1. The van der Waals surface area contributed by atoms with E-state index in [1.54, 1.807) is 36.4 Å². The van der Waals surface area contributed by atoms with Crippen LogP contribution in [0.2, 0.25) is 10.0 Å². The van der Waals surface area contributed by atoms with Gasteiger partial charge in [0.2, 0.25) is 15.9 Å². The average molecular weight is 417 g/mol. The van der Waals surface area contributed by atoms with Crippen LogP contribution < -0.4 is 14.4 Å². The number of rotatable bonds is 6. The van der Waals surface area contributed by atoms with Gasteiger partial charge in [-0.15, -0.1) is 0 Å². The summed E-state index contributed by atoms with van der Waals surface area (Å²) in [7, 11) is -2.39. The fourth-order valence-corrected chi connectivity index (χ4v) is 3.86. The molecule has 140 valence electrons. The molecule has 26 heavy (non-hydrogen) atoms. The molecule has 0 aliphatic rings. The second kappa shape index (κ2) is 8.16. The summed E-state index contributed by atoms with van der Waals surface area (Å²) in [6.45, 7) is 1.48. The van der Waals surface area contributed by atoms with E-state index in [9.17, 15) is 13.2 Å². The summed E-state index contributed by atoms with van der Waals surface area (Å²) in [5, 5.41) is 3.51. The van der Waals surface area contributed by atoms with Gasteiger partial charge in [0.15, 0.2) is 0 Å². The number of nitrogens with zero attached hydrogens (tertiary/aromatic N) is 1. The Labute approximate surface area is 162 Å². The van der Waals surface area contributed by atoms with Crippen LogP contribution in [-0.2, 0) is 14.8 Å². The van der Waals surface area contributed by atoms with E-state index >= 15 is 0 Å². The Hall–Kier alpha value is -1.96. The topological polar surface area (TPSA) is 75.7 Å². The smallest absolute Gasteiger partial charge is 0.247 e. The van der Waals surface area contributed by atoms with Crippen LogP contribution in [-0.4, -0.2) is 33.7 Å². The molecule has 2 aromatic rings. The Morgan fingerprint density at radius 2 is 1.69 bits per heavy atom. The lowest BCUT2D eigenvalue weighted by Crippen LogP contribution is -2.45. The Balaban J connectivity index is 2.39. The van der Waals surface area contributed by atoms with Gasteiger partial charge in [0.05, 0.1) is 19.1 Å². The van der Waals surface area contributed by atoms with E-state index in [1.807, 2.05) is 0 Å². The highest BCUT2D eigenvalue weighted by Crippen LogP contribution is 2.34. The quantitative estimate of drug-likeness (QED) is 0.776. The third-order valence-electron chi connectivity index (χ3n) is 3.58. The number of halogens is 2. The van der Waals surface area contributed by atoms with Gasteiger partial charge in [0, 0.05) is 15.7 Å². The van der Waals surface area contributed by atoms with E-state index in [4.69, 9.17) is 27.9 Å². The van der Waals surface area contributed by atoms with Crippen molar-refractivity contribution < 1.29 is 17.9 Å². The van der Waals surface area contributed by atoms with Crippen molar-refractivity contribution in [1.82, 2.24) is 0 Å². The molecule has 0 spiro atoms. The summed E-state index contributed by atoms with van der Waals surface area (Å²) in [4.78, 5) is 12.6. The highest BCUT2D eigenvalue weighted by Gasteiger charge is 2.31. The number of carbonyl (C=O) groups excluding carboxylic acids is 1. The zero-order valence-corrected chi connectivity index (χ0v) is 16.7. The van der Waals surface area contributed by atoms with E-state index in [-0.39, 0.29) is 11.4 Å². The Morgan fingerprint density at radius 1 is 1.12 bits per heavy atom. The van der Waals surface area contributed by atoms with E-state index < -0.39 is 22.0 Å². The van der Waals surface area contributed by atoms with Gasteiger partial charge in [-0.1, -0.05) is 23.2 Å². The largest absolute Gasteiger partial charge is 0.495 e. The first-order valence-corrected chi connectivity index (χ1v) is 10.1. The molecule has 0 saturated heterocycles. The lowest BCUT2D eigenvalue weighted by Gasteiger charge is -2.29. The van der Waals surface area contributed by atoms with Crippen LogP contribution in [0.5, 0.6) is 5.75 Å². The summed E-state index contributed by atoms with van der Waals surface area (Å²) < 4.78 is 31.0. The van der Waals surface area contributed by atoms with Gasteiger partial charge < -0.3 is 10.1 Å². The van der Waals surface area contributed by atoms with Crippen LogP contribution in [0.3, 0.4) is 0 Å². The molecule has 0 aromatic heterocycles. The number of methoxy groups -OCH3 is 1. The molecule has 0 aliphatic carbocycles. The maximum Gasteiger partial charge on any atom is 0.247 e. The zero-order chi connectivity index (χ0) is 19.5. The molecule has 0 unspecified atom stereocenters. The van der Waals surface area contributed by atoms with Crippen LogP contribution in [0, 0.1) is 0 Å². The van der Waals surface area contributed by atoms with Gasteiger partial charge in [-0.3, -0.25) is 9.10 Å². The average Bonchev–Trinajstić information content (AvgIpc) is 2.56. The molecule has 0 heterocycles. The number of hydrogen-bond donors (Lipinski definition) is 1. The summed E-state index contributed by atoms with van der Waals surface area (Å²) in [6, 6.07) is 9.99. The summed E-state index contributed by atoms with van der Waals surface area (Å²) in [6.07, 6.45) is 1.01. The van der Waals surface area contributed by atoms with Crippen molar-refractivity contribution in [2.75, 3.05) is 23.0 Å². The molecule has 0 saturated carbocycles. The number of sulfonamides is 1. The van der Waals surface area contributed by atoms with Crippen LogP contribution in [0.1, 0.15) is 6.92 Å². The van der Waals surface area contributed by atoms with E-state index in [2.05, 4.69) is 5.32 Å². The number of anilines is 2. The van der Waals surface area contributed by atoms with Gasteiger partial charge in [-0.05, 0) is 49.4 Å². The summed E-state index contributed by atoms with van der Waals surface area (Å²) in [5.74, 6) is -0.231. The maximum absolute atomic E-state index is 12.6. The van der Waals surface area contributed by atoms with E-state index in [0.717, 1.165) is 10.6 Å². The molecule has 0 aliphatic heterocycles. The van der Waals surface area contributed by atoms with E-state index in [0.29, 0.717) is 15.7 Å². The molecule has 6 nitrogen and oxygen atoms in total. The molecule has 1 atom stereocenters. The lowest BCUT2D eigenvalue weighted by molar-refractivity contribution is -0.116. The van der Waals surface area contributed by atoms with Crippen LogP contribution in [0.25, 0.3) is 0 Å². The molecule has 9 heteroatoms. The highest BCUT2D eigenvalue weighted by atomic mass is 35.5.